The summed E-state index contributed by atoms with van der Waals surface area (Å²) in [5, 5.41) is 0. The van der Waals surface area contributed by atoms with Gasteiger partial charge in [-0.1, -0.05) is 18.6 Å². The Hall–Kier alpha value is -1.95. The van der Waals surface area contributed by atoms with Crippen molar-refractivity contribution in [3.8, 4) is 0 Å². The molecule has 1 aromatic rings. The molecule has 3 fully saturated rings. The van der Waals surface area contributed by atoms with Crippen molar-refractivity contribution < 1.29 is 14.0 Å². The number of carbonyl (C=O) groups excluding carboxylic acids is 2. The lowest BCUT2D eigenvalue weighted by Crippen LogP contribution is -2.59. The van der Waals surface area contributed by atoms with E-state index in [1.807, 2.05) is 22.8 Å². The maximum absolute atomic E-state index is 13.8. The third kappa shape index (κ3) is 3.91. The van der Waals surface area contributed by atoms with Crippen LogP contribution in [0.15, 0.2) is 24.3 Å². The third-order valence-electron chi connectivity index (χ3n) is 7.17. The minimum absolute atomic E-state index is 0.129. The van der Waals surface area contributed by atoms with E-state index in [0.29, 0.717) is 26.2 Å². The molecule has 2 heterocycles. The van der Waals surface area contributed by atoms with Gasteiger partial charge in [-0.05, 0) is 56.7 Å². The van der Waals surface area contributed by atoms with Crippen LogP contribution in [0.4, 0.5) is 4.39 Å². The van der Waals surface area contributed by atoms with Gasteiger partial charge in [0.15, 0.2) is 0 Å². The minimum Gasteiger partial charge on any atom is -0.341 e. The Morgan fingerprint density at radius 2 is 1.62 bits per heavy atom. The summed E-state index contributed by atoms with van der Waals surface area (Å²) >= 11 is 0. The number of benzene rings is 1. The number of piperazine rings is 1. The number of nitrogens with zero attached hydrogens (tertiary/aromatic N) is 3. The van der Waals surface area contributed by atoms with E-state index >= 15 is 0 Å². The molecule has 0 aromatic heterocycles. The lowest BCUT2D eigenvalue weighted by Gasteiger charge is -2.47. The summed E-state index contributed by atoms with van der Waals surface area (Å²) in [5.74, 6) is 0.0696. The van der Waals surface area contributed by atoms with Crippen molar-refractivity contribution in [1.82, 2.24) is 14.7 Å². The van der Waals surface area contributed by atoms with Gasteiger partial charge in [0.05, 0.1) is 11.5 Å². The molecule has 158 valence electrons. The zero-order valence-corrected chi connectivity index (χ0v) is 17.4. The average molecular weight is 402 g/mol. The predicted molar refractivity (Wildman–Crippen MR) is 110 cm³/mol. The number of hydrogen-bond acceptors (Lipinski definition) is 3. The van der Waals surface area contributed by atoms with Crippen LogP contribution < -0.4 is 0 Å². The standard InChI is InChI=1S/C23H32FN3O2/c1-18(21(28)26-11-3-2-4-12-26)25-13-15-27(16-14-25)22(29)23(9-6-10-23)19-7-5-8-20(24)17-19/h5,7-8,17-18H,2-4,6,9-16H2,1H3. The molecule has 2 amide bonds. The first kappa shape index (κ1) is 20.3. The SMILES string of the molecule is CC(C(=O)N1CCCCC1)N1CCN(C(=O)C2(c3cccc(F)c3)CCC2)CC1. The topological polar surface area (TPSA) is 43.9 Å². The summed E-state index contributed by atoms with van der Waals surface area (Å²) in [6.45, 7) is 6.43. The number of piperidine rings is 1. The number of halogens is 1. The molecule has 6 heteroatoms. The molecule has 1 unspecified atom stereocenters. The molecule has 1 aromatic carbocycles. The monoisotopic (exact) mass is 401 g/mol. The van der Waals surface area contributed by atoms with E-state index in [-0.39, 0.29) is 23.7 Å². The molecule has 2 aliphatic heterocycles. The van der Waals surface area contributed by atoms with Crippen molar-refractivity contribution in [1.29, 1.82) is 0 Å². The van der Waals surface area contributed by atoms with E-state index in [1.165, 1.54) is 18.6 Å². The molecule has 0 bridgehead atoms. The van der Waals surface area contributed by atoms with E-state index in [2.05, 4.69) is 4.90 Å². The largest absolute Gasteiger partial charge is 0.341 e. The molecular weight excluding hydrogens is 369 g/mol. The lowest BCUT2D eigenvalue weighted by molar-refractivity contribution is -0.144. The summed E-state index contributed by atoms with van der Waals surface area (Å²) in [4.78, 5) is 32.3. The highest BCUT2D eigenvalue weighted by molar-refractivity contribution is 5.89. The Morgan fingerprint density at radius 3 is 2.21 bits per heavy atom. The van der Waals surface area contributed by atoms with Crippen molar-refractivity contribution in [2.45, 2.75) is 56.9 Å². The normalized spacial score (nSPS) is 23.4. The van der Waals surface area contributed by atoms with Gasteiger partial charge in [0, 0.05) is 39.3 Å². The van der Waals surface area contributed by atoms with E-state index in [1.54, 1.807) is 6.07 Å². The fraction of sp³-hybridized carbons (Fsp3) is 0.652. The van der Waals surface area contributed by atoms with Gasteiger partial charge < -0.3 is 9.80 Å². The average Bonchev–Trinajstić information content (AvgIpc) is 2.73. The third-order valence-corrected chi connectivity index (χ3v) is 7.17. The van der Waals surface area contributed by atoms with Gasteiger partial charge in [0.1, 0.15) is 5.82 Å². The second kappa shape index (κ2) is 8.42. The summed E-state index contributed by atoms with van der Waals surface area (Å²) in [7, 11) is 0. The fourth-order valence-electron chi connectivity index (χ4n) is 5.09. The molecule has 0 spiro atoms. The van der Waals surface area contributed by atoms with Crippen LogP contribution in [-0.4, -0.2) is 71.8 Å². The van der Waals surface area contributed by atoms with E-state index < -0.39 is 5.41 Å². The number of rotatable bonds is 4. The van der Waals surface area contributed by atoms with E-state index in [9.17, 15) is 14.0 Å². The molecular formula is C23H32FN3O2. The van der Waals surface area contributed by atoms with Crippen LogP contribution in [0.3, 0.4) is 0 Å². The number of hydrogen-bond donors (Lipinski definition) is 0. The highest BCUT2D eigenvalue weighted by atomic mass is 19.1. The zero-order valence-electron chi connectivity index (χ0n) is 17.4. The second-order valence-corrected chi connectivity index (χ2v) is 8.84. The number of likely N-dealkylation sites (tertiary alicyclic amines) is 1. The Balaban J connectivity index is 1.37. The van der Waals surface area contributed by atoms with Crippen molar-refractivity contribution in [2.75, 3.05) is 39.3 Å². The van der Waals surface area contributed by atoms with Crippen LogP contribution in [-0.2, 0) is 15.0 Å². The molecule has 1 atom stereocenters. The first-order valence-corrected chi connectivity index (χ1v) is 11.1. The maximum Gasteiger partial charge on any atom is 0.239 e. The Labute approximate surface area is 172 Å². The molecule has 4 rings (SSSR count). The maximum atomic E-state index is 13.8. The second-order valence-electron chi connectivity index (χ2n) is 8.84. The molecule has 5 nitrogen and oxygen atoms in total. The molecule has 0 radical (unpaired) electrons. The lowest BCUT2D eigenvalue weighted by atomic mass is 9.63. The molecule has 29 heavy (non-hydrogen) atoms. The first-order chi connectivity index (χ1) is 14.0. The zero-order chi connectivity index (χ0) is 20.4. The van der Waals surface area contributed by atoms with Gasteiger partial charge in [-0.15, -0.1) is 0 Å². The quantitative estimate of drug-likeness (QED) is 0.779. The molecule has 1 saturated carbocycles. The van der Waals surface area contributed by atoms with Crippen LogP contribution in [0.1, 0.15) is 51.0 Å². The van der Waals surface area contributed by atoms with Gasteiger partial charge >= 0.3 is 0 Å². The van der Waals surface area contributed by atoms with Crippen molar-refractivity contribution in [3.63, 3.8) is 0 Å². The fourth-order valence-corrected chi connectivity index (χ4v) is 5.09. The molecule has 2 saturated heterocycles. The summed E-state index contributed by atoms with van der Waals surface area (Å²) in [6, 6.07) is 6.40. The highest BCUT2D eigenvalue weighted by Gasteiger charge is 2.48. The Morgan fingerprint density at radius 1 is 0.931 bits per heavy atom. The van der Waals surface area contributed by atoms with Crippen LogP contribution in [0, 0.1) is 5.82 Å². The van der Waals surface area contributed by atoms with Crippen molar-refractivity contribution in [2.24, 2.45) is 0 Å². The van der Waals surface area contributed by atoms with Crippen LogP contribution in [0.5, 0.6) is 0 Å². The first-order valence-electron chi connectivity index (χ1n) is 11.1. The van der Waals surface area contributed by atoms with Crippen molar-refractivity contribution in [3.05, 3.63) is 35.6 Å². The van der Waals surface area contributed by atoms with Crippen molar-refractivity contribution >= 4 is 11.8 Å². The van der Waals surface area contributed by atoms with Crippen LogP contribution in [0.2, 0.25) is 0 Å². The van der Waals surface area contributed by atoms with Gasteiger partial charge in [-0.3, -0.25) is 14.5 Å². The number of amides is 2. The van der Waals surface area contributed by atoms with Gasteiger partial charge in [-0.25, -0.2) is 4.39 Å². The molecule has 3 aliphatic rings. The van der Waals surface area contributed by atoms with E-state index in [0.717, 1.165) is 50.8 Å². The smallest absolute Gasteiger partial charge is 0.239 e. The summed E-state index contributed by atoms with van der Waals surface area (Å²) in [6.07, 6.45) is 6.00. The van der Waals surface area contributed by atoms with E-state index in [4.69, 9.17) is 0 Å². The highest BCUT2D eigenvalue weighted by Crippen LogP contribution is 2.45. The van der Waals surface area contributed by atoms with Gasteiger partial charge in [0.2, 0.25) is 11.8 Å². The predicted octanol–water partition coefficient (Wildman–Crippen LogP) is 2.79. The number of carbonyl (C=O) groups is 2. The van der Waals surface area contributed by atoms with Crippen LogP contribution in [0.25, 0.3) is 0 Å². The molecule has 0 N–H and O–H groups in total. The van der Waals surface area contributed by atoms with Gasteiger partial charge in [0.25, 0.3) is 0 Å². The summed E-state index contributed by atoms with van der Waals surface area (Å²) in [5.41, 5.74) is 0.254. The van der Waals surface area contributed by atoms with Crippen LogP contribution >= 0.6 is 0 Å². The Bertz CT molecular complexity index is 750. The minimum atomic E-state index is -0.556. The van der Waals surface area contributed by atoms with Gasteiger partial charge in [-0.2, -0.15) is 0 Å². The summed E-state index contributed by atoms with van der Waals surface area (Å²) < 4.78 is 13.8. The Kier molecular flexibility index (Phi) is 5.91. The molecule has 1 aliphatic carbocycles.